The average molecular weight is 290 g/mol. The van der Waals surface area contributed by atoms with Gasteiger partial charge < -0.3 is 10.2 Å². The number of amides is 1. The number of hydrogen-bond donors (Lipinski definition) is 1. The summed E-state index contributed by atoms with van der Waals surface area (Å²) in [6.45, 7) is 3.01. The lowest BCUT2D eigenvalue weighted by molar-refractivity contribution is -0.132. The predicted octanol–water partition coefficient (Wildman–Crippen LogP) is 2.36. The van der Waals surface area contributed by atoms with Crippen molar-refractivity contribution in [2.24, 2.45) is 5.92 Å². The van der Waals surface area contributed by atoms with Gasteiger partial charge >= 0.3 is 0 Å². The summed E-state index contributed by atoms with van der Waals surface area (Å²) in [6, 6.07) is 6.66. The molecule has 0 spiro atoms. The molecule has 3 rings (SSSR count). The molecule has 1 aromatic rings. The van der Waals surface area contributed by atoms with Crippen LogP contribution in [0.4, 0.5) is 4.39 Å². The fourth-order valence-electron chi connectivity index (χ4n) is 3.68. The van der Waals surface area contributed by atoms with E-state index in [1.807, 2.05) is 0 Å². The van der Waals surface area contributed by atoms with Crippen LogP contribution in [0.15, 0.2) is 24.3 Å². The van der Waals surface area contributed by atoms with Crippen molar-refractivity contribution in [1.29, 1.82) is 0 Å². The summed E-state index contributed by atoms with van der Waals surface area (Å²) < 4.78 is 12.9. The minimum absolute atomic E-state index is 0.190. The number of carbonyl (C=O) groups excluding carboxylic acids is 1. The second kappa shape index (κ2) is 6.56. The first-order valence-corrected chi connectivity index (χ1v) is 7.98. The zero-order valence-corrected chi connectivity index (χ0v) is 12.4. The van der Waals surface area contributed by atoms with E-state index in [0.29, 0.717) is 18.4 Å². The number of hydrogen-bond acceptors (Lipinski definition) is 2. The number of nitrogens with one attached hydrogen (secondary N) is 1. The molecule has 21 heavy (non-hydrogen) atoms. The molecule has 2 heterocycles. The molecule has 1 N–H and O–H groups in total. The van der Waals surface area contributed by atoms with E-state index in [-0.39, 0.29) is 11.7 Å². The number of carbonyl (C=O) groups is 1. The fourth-order valence-corrected chi connectivity index (χ4v) is 3.68. The molecule has 114 valence electrons. The molecule has 1 amide bonds. The predicted molar refractivity (Wildman–Crippen MR) is 80.4 cm³/mol. The van der Waals surface area contributed by atoms with Crippen molar-refractivity contribution in [2.75, 3.05) is 19.6 Å². The number of halogens is 1. The Labute approximate surface area is 125 Å². The minimum Gasteiger partial charge on any atom is -0.339 e. The van der Waals surface area contributed by atoms with Crippen LogP contribution in [0.25, 0.3) is 0 Å². The van der Waals surface area contributed by atoms with Crippen LogP contribution in [0.1, 0.15) is 31.2 Å². The molecule has 2 fully saturated rings. The Bertz CT molecular complexity index is 482. The molecule has 1 aromatic carbocycles. The third-order valence-electron chi connectivity index (χ3n) is 4.77. The number of likely N-dealkylation sites (tertiary alicyclic amines) is 1. The second-order valence-electron chi connectivity index (χ2n) is 6.21. The van der Waals surface area contributed by atoms with Gasteiger partial charge in [-0.2, -0.15) is 0 Å². The third-order valence-corrected chi connectivity index (χ3v) is 4.77. The second-order valence-corrected chi connectivity index (χ2v) is 6.21. The van der Waals surface area contributed by atoms with Crippen LogP contribution in [-0.4, -0.2) is 36.5 Å². The number of benzene rings is 1. The summed E-state index contributed by atoms with van der Waals surface area (Å²) in [5, 5.41) is 3.45. The Morgan fingerprint density at radius 1 is 1.24 bits per heavy atom. The van der Waals surface area contributed by atoms with E-state index >= 15 is 0 Å². The first-order chi connectivity index (χ1) is 10.2. The Kier molecular flexibility index (Phi) is 4.54. The van der Waals surface area contributed by atoms with E-state index < -0.39 is 0 Å². The van der Waals surface area contributed by atoms with Gasteiger partial charge in [0, 0.05) is 12.6 Å². The maximum atomic E-state index is 12.9. The quantitative estimate of drug-likeness (QED) is 0.927. The maximum absolute atomic E-state index is 12.9. The normalized spacial score (nSPS) is 26.0. The van der Waals surface area contributed by atoms with Crippen molar-refractivity contribution in [3.05, 3.63) is 35.6 Å². The van der Waals surface area contributed by atoms with Crippen molar-refractivity contribution < 1.29 is 9.18 Å². The molecule has 2 aliphatic rings. The van der Waals surface area contributed by atoms with Gasteiger partial charge in [0.2, 0.25) is 5.91 Å². The molecule has 0 bridgehead atoms. The smallest absolute Gasteiger partial charge is 0.227 e. The largest absolute Gasteiger partial charge is 0.339 e. The van der Waals surface area contributed by atoms with E-state index in [2.05, 4.69) is 10.2 Å². The average Bonchev–Trinajstić information content (AvgIpc) is 3.00. The van der Waals surface area contributed by atoms with Gasteiger partial charge in [-0.15, -0.1) is 0 Å². The van der Waals surface area contributed by atoms with Crippen molar-refractivity contribution in [2.45, 2.75) is 38.1 Å². The van der Waals surface area contributed by atoms with E-state index in [4.69, 9.17) is 0 Å². The van der Waals surface area contributed by atoms with Gasteiger partial charge in [0.05, 0.1) is 6.42 Å². The van der Waals surface area contributed by atoms with Crippen LogP contribution in [0.3, 0.4) is 0 Å². The molecule has 0 aliphatic carbocycles. The summed E-state index contributed by atoms with van der Waals surface area (Å²) in [4.78, 5) is 14.6. The van der Waals surface area contributed by atoms with Crippen LogP contribution in [0.2, 0.25) is 0 Å². The fraction of sp³-hybridized carbons (Fsp3) is 0.588. The number of rotatable bonds is 3. The SMILES string of the molecule is O=C(Cc1ccc(F)cc1)N1CCCC1C1CCCNC1. The lowest BCUT2D eigenvalue weighted by Crippen LogP contribution is -2.46. The lowest BCUT2D eigenvalue weighted by Gasteiger charge is -2.34. The van der Waals surface area contributed by atoms with Crippen LogP contribution >= 0.6 is 0 Å². The highest BCUT2D eigenvalue weighted by molar-refractivity contribution is 5.79. The summed E-state index contributed by atoms with van der Waals surface area (Å²) in [5.74, 6) is 0.534. The van der Waals surface area contributed by atoms with E-state index in [1.165, 1.54) is 25.0 Å². The zero-order valence-electron chi connectivity index (χ0n) is 12.4. The van der Waals surface area contributed by atoms with Crippen molar-refractivity contribution in [3.63, 3.8) is 0 Å². The molecule has 0 saturated carbocycles. The monoisotopic (exact) mass is 290 g/mol. The van der Waals surface area contributed by atoms with Crippen LogP contribution < -0.4 is 5.32 Å². The molecule has 4 heteroatoms. The molecule has 2 atom stereocenters. The molecule has 0 radical (unpaired) electrons. The zero-order chi connectivity index (χ0) is 14.7. The van der Waals surface area contributed by atoms with Gasteiger partial charge in [-0.1, -0.05) is 12.1 Å². The Morgan fingerprint density at radius 3 is 2.76 bits per heavy atom. The molecule has 2 saturated heterocycles. The molecule has 3 nitrogen and oxygen atoms in total. The van der Waals surface area contributed by atoms with Gasteiger partial charge in [0.25, 0.3) is 0 Å². The van der Waals surface area contributed by atoms with Gasteiger partial charge in [0.1, 0.15) is 5.82 Å². The lowest BCUT2D eigenvalue weighted by atomic mass is 9.90. The van der Waals surface area contributed by atoms with Crippen LogP contribution in [0, 0.1) is 11.7 Å². The van der Waals surface area contributed by atoms with Gasteiger partial charge in [-0.05, 0) is 62.4 Å². The van der Waals surface area contributed by atoms with Crippen LogP contribution in [0.5, 0.6) is 0 Å². The van der Waals surface area contributed by atoms with Gasteiger partial charge in [0.15, 0.2) is 0 Å². The summed E-state index contributed by atoms with van der Waals surface area (Å²) in [7, 11) is 0. The van der Waals surface area contributed by atoms with E-state index in [9.17, 15) is 9.18 Å². The summed E-state index contributed by atoms with van der Waals surface area (Å²) in [5.41, 5.74) is 0.897. The third kappa shape index (κ3) is 3.43. The molecular weight excluding hydrogens is 267 g/mol. The number of piperidine rings is 1. The number of nitrogens with zero attached hydrogens (tertiary/aromatic N) is 1. The Hall–Kier alpha value is -1.42. The summed E-state index contributed by atoms with van der Waals surface area (Å²) in [6.07, 6.45) is 5.05. The molecule has 2 unspecified atom stereocenters. The highest BCUT2D eigenvalue weighted by Crippen LogP contribution is 2.28. The molecule has 2 aliphatic heterocycles. The maximum Gasteiger partial charge on any atom is 0.227 e. The topological polar surface area (TPSA) is 32.3 Å². The minimum atomic E-state index is -0.251. The summed E-state index contributed by atoms with van der Waals surface area (Å²) >= 11 is 0. The highest BCUT2D eigenvalue weighted by atomic mass is 19.1. The first kappa shape index (κ1) is 14.5. The molecule has 0 aromatic heterocycles. The standard InChI is InChI=1S/C17H23FN2O/c18-15-7-5-13(6-8-15)11-17(21)20-10-2-4-16(20)14-3-1-9-19-12-14/h5-8,14,16,19H,1-4,9-12H2. The molecular formula is C17H23FN2O. The van der Waals surface area contributed by atoms with Crippen molar-refractivity contribution in [3.8, 4) is 0 Å². The van der Waals surface area contributed by atoms with Crippen molar-refractivity contribution >= 4 is 5.91 Å². The van der Waals surface area contributed by atoms with Crippen molar-refractivity contribution in [1.82, 2.24) is 10.2 Å². The van der Waals surface area contributed by atoms with Gasteiger partial charge in [-0.25, -0.2) is 4.39 Å². The van der Waals surface area contributed by atoms with Crippen LogP contribution in [-0.2, 0) is 11.2 Å². The van der Waals surface area contributed by atoms with E-state index in [1.54, 1.807) is 12.1 Å². The highest BCUT2D eigenvalue weighted by Gasteiger charge is 2.34. The van der Waals surface area contributed by atoms with Gasteiger partial charge in [-0.3, -0.25) is 4.79 Å². The Morgan fingerprint density at radius 2 is 2.05 bits per heavy atom. The first-order valence-electron chi connectivity index (χ1n) is 7.98. The Balaban J connectivity index is 1.63. The van der Waals surface area contributed by atoms with E-state index in [0.717, 1.165) is 38.0 Å².